The van der Waals surface area contributed by atoms with Crippen LogP contribution in [0.4, 0.5) is 0 Å². The molecule has 0 spiro atoms. The third-order valence-electron chi connectivity index (χ3n) is 4.63. The number of imidazole rings is 1. The molecule has 0 atom stereocenters. The highest BCUT2D eigenvalue weighted by Gasteiger charge is 2.27. The normalized spacial score (nSPS) is 14.2. The van der Waals surface area contributed by atoms with Crippen molar-refractivity contribution in [3.63, 3.8) is 0 Å². The molecule has 0 aliphatic heterocycles. The number of rotatable bonds is 5. The van der Waals surface area contributed by atoms with Gasteiger partial charge in [0.1, 0.15) is 11.5 Å². The quantitative estimate of drug-likeness (QED) is 0.758. The van der Waals surface area contributed by atoms with Gasteiger partial charge in [0.2, 0.25) is 0 Å². The first-order chi connectivity index (χ1) is 11.6. The molecule has 4 rings (SSSR count). The lowest BCUT2D eigenvalue weighted by atomic mass is 10.2. The number of benzene rings is 1. The number of carbonyl (C=O) groups is 1. The first kappa shape index (κ1) is 14.9. The van der Waals surface area contributed by atoms with E-state index >= 15 is 0 Å². The maximum atomic E-state index is 12.5. The maximum Gasteiger partial charge on any atom is 0.274 e. The van der Waals surface area contributed by atoms with Crippen LogP contribution in [0, 0.1) is 6.92 Å². The molecule has 0 unspecified atom stereocenters. The minimum absolute atomic E-state index is 0.0505. The van der Waals surface area contributed by atoms with Gasteiger partial charge >= 0.3 is 0 Å². The molecule has 1 saturated carbocycles. The van der Waals surface area contributed by atoms with Crippen LogP contribution in [0.25, 0.3) is 11.0 Å². The molecule has 2 N–H and O–H groups in total. The number of carbonyl (C=O) groups excluding carboxylic acids is 1. The number of para-hydroxylation sites is 1. The highest BCUT2D eigenvalue weighted by molar-refractivity contribution is 5.92. The van der Waals surface area contributed by atoms with Gasteiger partial charge in [0.15, 0.2) is 0 Å². The molecule has 0 radical (unpaired) electrons. The van der Waals surface area contributed by atoms with Gasteiger partial charge in [-0.1, -0.05) is 12.1 Å². The van der Waals surface area contributed by atoms with E-state index in [4.69, 9.17) is 0 Å². The molecule has 24 heavy (non-hydrogen) atoms. The van der Waals surface area contributed by atoms with Gasteiger partial charge in [-0.25, -0.2) is 4.98 Å². The highest BCUT2D eigenvalue weighted by atomic mass is 16.2. The summed E-state index contributed by atoms with van der Waals surface area (Å²) in [6.07, 6.45) is 3.07. The van der Waals surface area contributed by atoms with Crippen LogP contribution in [0.15, 0.2) is 24.3 Å². The van der Waals surface area contributed by atoms with Crippen molar-refractivity contribution in [1.82, 2.24) is 25.1 Å². The van der Waals surface area contributed by atoms with E-state index < -0.39 is 0 Å². The molecular formula is C18H21N5O. The average molecular weight is 323 g/mol. The molecule has 124 valence electrons. The summed E-state index contributed by atoms with van der Waals surface area (Å²) in [7, 11) is 1.81. The SMILES string of the molecule is Cc1cccc2[nH]c(CCN(C)C(=O)c3cc(C4CC4)[nH]n3)nc12. The first-order valence-electron chi connectivity index (χ1n) is 8.37. The Kier molecular flexibility index (Phi) is 3.59. The summed E-state index contributed by atoms with van der Waals surface area (Å²) in [5, 5.41) is 7.15. The molecule has 1 aliphatic rings. The number of likely N-dealkylation sites (N-methyl/N-ethyl adjacent to an activating group) is 1. The van der Waals surface area contributed by atoms with Crippen molar-refractivity contribution in [3.05, 3.63) is 47.0 Å². The van der Waals surface area contributed by atoms with Gasteiger partial charge < -0.3 is 9.88 Å². The topological polar surface area (TPSA) is 77.7 Å². The highest BCUT2D eigenvalue weighted by Crippen LogP contribution is 2.39. The summed E-state index contributed by atoms with van der Waals surface area (Å²) < 4.78 is 0. The van der Waals surface area contributed by atoms with Crippen LogP contribution in [0.3, 0.4) is 0 Å². The van der Waals surface area contributed by atoms with Gasteiger partial charge in [-0.05, 0) is 37.5 Å². The van der Waals surface area contributed by atoms with Crippen molar-refractivity contribution in [3.8, 4) is 0 Å². The summed E-state index contributed by atoms with van der Waals surface area (Å²) in [6.45, 7) is 2.65. The van der Waals surface area contributed by atoms with Crippen molar-refractivity contribution in [2.75, 3.05) is 13.6 Å². The number of nitrogens with one attached hydrogen (secondary N) is 2. The molecule has 0 bridgehead atoms. The number of nitrogens with zero attached hydrogens (tertiary/aromatic N) is 3. The van der Waals surface area contributed by atoms with E-state index in [-0.39, 0.29) is 5.91 Å². The van der Waals surface area contributed by atoms with Crippen LogP contribution >= 0.6 is 0 Å². The molecule has 1 amide bonds. The Morgan fingerprint density at radius 1 is 1.38 bits per heavy atom. The summed E-state index contributed by atoms with van der Waals surface area (Å²) >= 11 is 0. The van der Waals surface area contributed by atoms with E-state index in [1.54, 1.807) is 4.90 Å². The molecule has 1 aromatic carbocycles. The largest absolute Gasteiger partial charge is 0.342 e. The van der Waals surface area contributed by atoms with E-state index in [0.717, 1.165) is 28.1 Å². The number of fused-ring (bicyclic) bond motifs is 1. The Morgan fingerprint density at radius 2 is 2.21 bits per heavy atom. The molecule has 2 heterocycles. The predicted octanol–water partition coefficient (Wildman–Crippen LogP) is 2.79. The Morgan fingerprint density at radius 3 is 2.96 bits per heavy atom. The second kappa shape index (κ2) is 5.78. The fourth-order valence-electron chi connectivity index (χ4n) is 2.97. The molecule has 1 fully saturated rings. The van der Waals surface area contributed by atoms with Gasteiger partial charge in [-0.2, -0.15) is 5.10 Å². The standard InChI is InChI=1S/C18H21N5O/c1-11-4-3-5-13-17(11)20-16(19-13)8-9-23(2)18(24)15-10-14(21-22-15)12-6-7-12/h3-5,10,12H,6-9H2,1-2H3,(H,19,20)(H,21,22). The molecule has 6 nitrogen and oxygen atoms in total. The average Bonchev–Trinajstić information content (AvgIpc) is 3.15. The van der Waals surface area contributed by atoms with Crippen molar-refractivity contribution < 1.29 is 4.79 Å². The van der Waals surface area contributed by atoms with Crippen LogP contribution in [0.1, 0.15) is 46.3 Å². The number of aromatic nitrogens is 4. The zero-order chi connectivity index (χ0) is 16.7. The van der Waals surface area contributed by atoms with Crippen LogP contribution in [0.2, 0.25) is 0 Å². The number of H-pyrrole nitrogens is 2. The smallest absolute Gasteiger partial charge is 0.274 e. The second-order valence-electron chi connectivity index (χ2n) is 6.61. The van der Waals surface area contributed by atoms with Crippen molar-refractivity contribution >= 4 is 16.9 Å². The number of hydrogen-bond acceptors (Lipinski definition) is 3. The summed E-state index contributed by atoms with van der Waals surface area (Å²) in [5.41, 5.74) is 4.78. The number of hydrogen-bond donors (Lipinski definition) is 2. The van der Waals surface area contributed by atoms with Gasteiger partial charge in [0, 0.05) is 31.6 Å². The van der Waals surface area contributed by atoms with Crippen LogP contribution in [-0.2, 0) is 6.42 Å². The van der Waals surface area contributed by atoms with Gasteiger partial charge in [-0.15, -0.1) is 0 Å². The van der Waals surface area contributed by atoms with E-state index in [1.165, 1.54) is 12.8 Å². The number of amides is 1. The Labute approximate surface area is 140 Å². The van der Waals surface area contributed by atoms with E-state index in [0.29, 0.717) is 24.6 Å². The van der Waals surface area contributed by atoms with Crippen molar-refractivity contribution in [1.29, 1.82) is 0 Å². The van der Waals surface area contributed by atoms with Crippen LogP contribution < -0.4 is 0 Å². The predicted molar refractivity (Wildman–Crippen MR) is 92.1 cm³/mol. The second-order valence-corrected chi connectivity index (χ2v) is 6.61. The number of aryl methyl sites for hydroxylation is 1. The molecule has 0 saturated heterocycles. The van der Waals surface area contributed by atoms with Crippen molar-refractivity contribution in [2.24, 2.45) is 0 Å². The molecular weight excluding hydrogens is 302 g/mol. The zero-order valence-electron chi connectivity index (χ0n) is 14.0. The molecule has 2 aromatic heterocycles. The first-order valence-corrected chi connectivity index (χ1v) is 8.37. The van der Waals surface area contributed by atoms with E-state index in [9.17, 15) is 4.79 Å². The van der Waals surface area contributed by atoms with Gasteiger partial charge in [0.25, 0.3) is 5.91 Å². The monoisotopic (exact) mass is 323 g/mol. The van der Waals surface area contributed by atoms with E-state index in [2.05, 4.69) is 33.2 Å². The maximum absolute atomic E-state index is 12.5. The number of aromatic amines is 2. The lowest BCUT2D eigenvalue weighted by Gasteiger charge is -2.14. The third-order valence-corrected chi connectivity index (χ3v) is 4.63. The fourth-order valence-corrected chi connectivity index (χ4v) is 2.97. The lowest BCUT2D eigenvalue weighted by Crippen LogP contribution is -2.29. The molecule has 3 aromatic rings. The Balaban J connectivity index is 1.41. The zero-order valence-corrected chi connectivity index (χ0v) is 14.0. The molecule has 1 aliphatic carbocycles. The van der Waals surface area contributed by atoms with Crippen LogP contribution in [-0.4, -0.2) is 44.6 Å². The third kappa shape index (κ3) is 2.79. The minimum atomic E-state index is -0.0505. The Hall–Kier alpha value is -2.63. The van der Waals surface area contributed by atoms with Crippen molar-refractivity contribution in [2.45, 2.75) is 32.1 Å². The Bertz CT molecular complexity index is 890. The molecule has 6 heteroatoms. The lowest BCUT2D eigenvalue weighted by molar-refractivity contribution is 0.0790. The fraction of sp³-hybridized carbons (Fsp3) is 0.389. The van der Waals surface area contributed by atoms with Gasteiger partial charge in [-0.3, -0.25) is 9.89 Å². The van der Waals surface area contributed by atoms with Gasteiger partial charge in [0.05, 0.1) is 11.0 Å². The van der Waals surface area contributed by atoms with E-state index in [1.807, 2.05) is 25.2 Å². The summed E-state index contributed by atoms with van der Waals surface area (Å²) in [6, 6.07) is 7.99. The summed E-state index contributed by atoms with van der Waals surface area (Å²) in [5.74, 6) is 1.42. The minimum Gasteiger partial charge on any atom is -0.342 e. The summed E-state index contributed by atoms with van der Waals surface area (Å²) in [4.78, 5) is 22.1. The van der Waals surface area contributed by atoms with Crippen LogP contribution in [0.5, 0.6) is 0 Å².